The fourth-order valence-corrected chi connectivity index (χ4v) is 4.94. The number of methoxy groups -OCH3 is 2. The lowest BCUT2D eigenvalue weighted by molar-refractivity contribution is 0.0596. The van der Waals surface area contributed by atoms with Crippen molar-refractivity contribution in [1.29, 1.82) is 0 Å². The summed E-state index contributed by atoms with van der Waals surface area (Å²) in [5, 5.41) is 9.97. The van der Waals surface area contributed by atoms with Crippen molar-refractivity contribution in [1.82, 2.24) is 9.29 Å². The van der Waals surface area contributed by atoms with Crippen LogP contribution in [-0.2, 0) is 21.3 Å². The zero-order valence-corrected chi connectivity index (χ0v) is 18.5. The third-order valence-corrected chi connectivity index (χ3v) is 6.86. The summed E-state index contributed by atoms with van der Waals surface area (Å²) in [6.07, 6.45) is 0.155. The van der Waals surface area contributed by atoms with E-state index in [1.54, 1.807) is 24.3 Å². The number of hydrogen-bond acceptors (Lipinski definition) is 7. The quantitative estimate of drug-likeness (QED) is 0.467. The SMILES string of the molecule is COC(=O)c1ccccc1S(=O)(=O)N(CCCO)Cc1cc2ccc(OC)cc2[nH]c1=O. The Bertz CT molecular complexity index is 1280. The molecule has 2 aromatic carbocycles. The van der Waals surface area contributed by atoms with Gasteiger partial charge in [0.2, 0.25) is 10.0 Å². The lowest BCUT2D eigenvalue weighted by Crippen LogP contribution is -2.35. The maximum absolute atomic E-state index is 13.4. The van der Waals surface area contributed by atoms with Crippen LogP contribution in [0.1, 0.15) is 22.3 Å². The maximum atomic E-state index is 13.4. The third kappa shape index (κ3) is 4.82. The number of aromatic amines is 1. The van der Waals surface area contributed by atoms with Gasteiger partial charge in [-0.2, -0.15) is 4.31 Å². The molecule has 0 saturated carbocycles. The maximum Gasteiger partial charge on any atom is 0.339 e. The Kier molecular flexibility index (Phi) is 7.29. The molecular weight excluding hydrogens is 436 g/mol. The normalized spacial score (nSPS) is 11.6. The number of pyridine rings is 1. The summed E-state index contributed by atoms with van der Waals surface area (Å²) in [6.45, 7) is -0.526. The fraction of sp³-hybridized carbons (Fsp3) is 0.273. The molecule has 32 heavy (non-hydrogen) atoms. The first-order valence-electron chi connectivity index (χ1n) is 9.80. The van der Waals surface area contributed by atoms with Gasteiger partial charge in [-0.3, -0.25) is 4.79 Å². The number of carbonyl (C=O) groups excluding carboxylic acids is 1. The van der Waals surface area contributed by atoms with Gasteiger partial charge in [-0.15, -0.1) is 0 Å². The van der Waals surface area contributed by atoms with Gasteiger partial charge in [-0.25, -0.2) is 13.2 Å². The second-order valence-corrected chi connectivity index (χ2v) is 8.89. The van der Waals surface area contributed by atoms with E-state index in [4.69, 9.17) is 9.47 Å². The summed E-state index contributed by atoms with van der Waals surface area (Å²) in [4.78, 5) is 27.3. The zero-order chi connectivity index (χ0) is 23.3. The van der Waals surface area contributed by atoms with Gasteiger partial charge in [0.1, 0.15) is 5.75 Å². The molecule has 0 fully saturated rings. The predicted molar refractivity (Wildman–Crippen MR) is 118 cm³/mol. The number of aromatic nitrogens is 1. The van der Waals surface area contributed by atoms with E-state index in [1.807, 2.05) is 0 Å². The number of esters is 1. The second-order valence-electron chi connectivity index (χ2n) is 6.98. The molecule has 0 aliphatic rings. The van der Waals surface area contributed by atoms with E-state index in [1.165, 1.54) is 38.5 Å². The van der Waals surface area contributed by atoms with Gasteiger partial charge < -0.3 is 19.6 Å². The number of ether oxygens (including phenoxy) is 2. The van der Waals surface area contributed by atoms with E-state index in [9.17, 15) is 23.1 Å². The number of aliphatic hydroxyl groups is 1. The van der Waals surface area contributed by atoms with E-state index >= 15 is 0 Å². The summed E-state index contributed by atoms with van der Waals surface area (Å²) >= 11 is 0. The number of sulfonamides is 1. The van der Waals surface area contributed by atoms with Crippen molar-refractivity contribution in [2.75, 3.05) is 27.4 Å². The highest BCUT2D eigenvalue weighted by molar-refractivity contribution is 7.89. The van der Waals surface area contributed by atoms with Crippen molar-refractivity contribution in [2.24, 2.45) is 0 Å². The minimum Gasteiger partial charge on any atom is -0.497 e. The molecule has 0 bridgehead atoms. The average Bonchev–Trinajstić information content (AvgIpc) is 2.80. The number of nitrogens with one attached hydrogen (secondary N) is 1. The van der Waals surface area contributed by atoms with Crippen LogP contribution < -0.4 is 10.3 Å². The molecule has 3 aromatic rings. The summed E-state index contributed by atoms with van der Waals surface area (Å²) in [5.74, 6) is -0.212. The molecule has 0 amide bonds. The Morgan fingerprint density at radius 3 is 2.56 bits per heavy atom. The smallest absolute Gasteiger partial charge is 0.339 e. The minimum atomic E-state index is -4.19. The van der Waals surface area contributed by atoms with Crippen LogP contribution in [0.3, 0.4) is 0 Å². The molecule has 10 heteroatoms. The lowest BCUT2D eigenvalue weighted by Gasteiger charge is -2.23. The first-order valence-corrected chi connectivity index (χ1v) is 11.2. The van der Waals surface area contributed by atoms with Crippen LogP contribution in [0.5, 0.6) is 5.75 Å². The van der Waals surface area contributed by atoms with Gasteiger partial charge in [0.05, 0.1) is 30.2 Å². The number of benzene rings is 2. The molecule has 0 aliphatic heterocycles. The van der Waals surface area contributed by atoms with Crippen LogP contribution in [0.4, 0.5) is 0 Å². The van der Waals surface area contributed by atoms with Gasteiger partial charge in [-0.05, 0) is 42.1 Å². The molecule has 170 valence electrons. The van der Waals surface area contributed by atoms with E-state index in [2.05, 4.69) is 4.98 Å². The van der Waals surface area contributed by atoms with Crippen LogP contribution in [0, 0.1) is 0 Å². The van der Waals surface area contributed by atoms with Crippen molar-refractivity contribution in [3.63, 3.8) is 0 Å². The Morgan fingerprint density at radius 1 is 1.12 bits per heavy atom. The van der Waals surface area contributed by atoms with E-state index in [0.29, 0.717) is 16.7 Å². The Balaban J connectivity index is 2.05. The topological polar surface area (TPSA) is 126 Å². The van der Waals surface area contributed by atoms with Crippen molar-refractivity contribution >= 4 is 26.9 Å². The Hall–Kier alpha value is -3.21. The number of nitrogens with zero attached hydrogens (tertiary/aromatic N) is 1. The highest BCUT2D eigenvalue weighted by atomic mass is 32.2. The van der Waals surface area contributed by atoms with Gasteiger partial charge in [0.25, 0.3) is 5.56 Å². The largest absolute Gasteiger partial charge is 0.497 e. The number of hydrogen-bond donors (Lipinski definition) is 2. The van der Waals surface area contributed by atoms with Gasteiger partial charge in [-0.1, -0.05) is 12.1 Å². The van der Waals surface area contributed by atoms with Crippen molar-refractivity contribution in [3.05, 3.63) is 70.0 Å². The number of rotatable bonds is 9. The molecule has 0 radical (unpaired) electrons. The van der Waals surface area contributed by atoms with Gasteiger partial charge in [0.15, 0.2) is 0 Å². The van der Waals surface area contributed by atoms with Gasteiger partial charge >= 0.3 is 5.97 Å². The molecule has 1 aromatic heterocycles. The van der Waals surface area contributed by atoms with E-state index in [-0.39, 0.29) is 42.1 Å². The van der Waals surface area contributed by atoms with Crippen molar-refractivity contribution < 1.29 is 27.8 Å². The molecular formula is C22H24N2O7S. The first kappa shape index (κ1) is 23.5. The molecule has 0 atom stereocenters. The number of H-pyrrole nitrogens is 1. The number of carbonyl (C=O) groups is 1. The van der Waals surface area contributed by atoms with Crippen molar-refractivity contribution in [2.45, 2.75) is 17.9 Å². The molecule has 0 aliphatic carbocycles. The van der Waals surface area contributed by atoms with Crippen LogP contribution in [0.15, 0.2) is 58.2 Å². The highest BCUT2D eigenvalue weighted by Crippen LogP contribution is 2.24. The monoisotopic (exact) mass is 460 g/mol. The summed E-state index contributed by atoms with van der Waals surface area (Å²) in [7, 11) is -1.51. The van der Waals surface area contributed by atoms with Crippen molar-refractivity contribution in [3.8, 4) is 5.75 Å². The summed E-state index contributed by atoms with van der Waals surface area (Å²) < 4.78 is 37.8. The third-order valence-electron chi connectivity index (χ3n) is 4.95. The average molecular weight is 461 g/mol. The minimum absolute atomic E-state index is 0.0472. The molecule has 3 rings (SSSR count). The highest BCUT2D eigenvalue weighted by Gasteiger charge is 2.29. The van der Waals surface area contributed by atoms with E-state index < -0.39 is 21.6 Å². The van der Waals surface area contributed by atoms with Gasteiger partial charge in [0, 0.05) is 31.3 Å². The zero-order valence-electron chi connectivity index (χ0n) is 17.7. The number of fused-ring (bicyclic) bond motifs is 1. The van der Waals surface area contributed by atoms with Crippen LogP contribution in [0.2, 0.25) is 0 Å². The fourth-order valence-electron chi connectivity index (χ4n) is 3.30. The van der Waals surface area contributed by atoms with E-state index in [0.717, 1.165) is 4.31 Å². The Morgan fingerprint density at radius 2 is 1.88 bits per heavy atom. The van der Waals surface area contributed by atoms with Crippen LogP contribution in [-0.4, -0.2) is 56.2 Å². The molecule has 0 spiro atoms. The molecule has 0 saturated heterocycles. The molecule has 9 nitrogen and oxygen atoms in total. The lowest BCUT2D eigenvalue weighted by atomic mass is 10.1. The first-order chi connectivity index (χ1) is 15.3. The number of aliphatic hydroxyl groups excluding tert-OH is 1. The second kappa shape index (κ2) is 9.94. The summed E-state index contributed by atoms with van der Waals surface area (Å²) in [5.41, 5.74) is 0.221. The van der Waals surface area contributed by atoms with Crippen LogP contribution in [0.25, 0.3) is 10.9 Å². The molecule has 2 N–H and O–H groups in total. The van der Waals surface area contributed by atoms with Crippen LogP contribution >= 0.6 is 0 Å². The standard InChI is InChI=1S/C22H24N2O7S/c1-30-17-9-8-15-12-16(21(26)23-19(15)13-17)14-24(10-5-11-25)32(28,29)20-7-4-3-6-18(20)22(27)31-2/h3-4,6-9,12-13,25H,5,10-11,14H2,1-2H3,(H,23,26). The summed E-state index contributed by atoms with van der Waals surface area (Å²) in [6, 6.07) is 12.5. The molecule has 1 heterocycles. The predicted octanol–water partition coefficient (Wildman–Crippen LogP) is 1.90. The Labute approximate surface area is 185 Å². The molecule has 0 unspecified atom stereocenters.